The normalized spacial score (nSPS) is 11.5. The summed E-state index contributed by atoms with van der Waals surface area (Å²) in [6.45, 7) is 8.60. The Morgan fingerprint density at radius 1 is 1.08 bits per heavy atom. The molecule has 0 unspecified atom stereocenters. The summed E-state index contributed by atoms with van der Waals surface area (Å²) < 4.78 is 1.99. The molecule has 24 heavy (non-hydrogen) atoms. The van der Waals surface area contributed by atoms with Gasteiger partial charge in [0.15, 0.2) is 0 Å². The molecule has 0 atom stereocenters. The minimum atomic E-state index is 0.480. The number of rotatable bonds is 7. The fourth-order valence-electron chi connectivity index (χ4n) is 2.77. The summed E-state index contributed by atoms with van der Waals surface area (Å²) in [4.78, 5) is 11.2. The molecule has 0 aliphatic heterocycles. The molecule has 0 saturated heterocycles. The van der Waals surface area contributed by atoms with E-state index in [2.05, 4.69) is 40.0 Å². The maximum atomic E-state index is 5.97. The van der Waals surface area contributed by atoms with Crippen LogP contribution >= 0.6 is 11.6 Å². The molecule has 5 nitrogen and oxygen atoms in total. The van der Waals surface area contributed by atoms with Crippen LogP contribution in [-0.4, -0.2) is 44.3 Å². The lowest BCUT2D eigenvalue weighted by atomic mass is 10.1. The number of aromatic nitrogens is 4. The van der Waals surface area contributed by atoms with Gasteiger partial charge in [0.25, 0.3) is 0 Å². The standard InChI is InChI=1S/C18H22ClN5/c1-3-23(4-2)8-5-9-24-13-15(12-21-24)14-10-17-16(20-11-14)6-7-18(19)22-17/h6-7,10-13H,3-5,8-9H2,1-2H3. The molecule has 0 saturated carbocycles. The van der Waals surface area contributed by atoms with Crippen LogP contribution in [0.25, 0.3) is 22.2 Å². The van der Waals surface area contributed by atoms with Gasteiger partial charge in [-0.1, -0.05) is 25.4 Å². The quantitative estimate of drug-likeness (QED) is 0.611. The third-order valence-electron chi connectivity index (χ3n) is 4.23. The van der Waals surface area contributed by atoms with Crippen molar-refractivity contribution in [3.63, 3.8) is 0 Å². The van der Waals surface area contributed by atoms with Gasteiger partial charge in [-0.15, -0.1) is 0 Å². The summed E-state index contributed by atoms with van der Waals surface area (Å²) in [5, 5.41) is 4.94. The zero-order valence-electron chi connectivity index (χ0n) is 14.1. The van der Waals surface area contributed by atoms with E-state index in [0.29, 0.717) is 5.15 Å². The Kier molecular flexibility index (Phi) is 5.43. The molecule has 0 N–H and O–H groups in total. The molecule has 3 rings (SSSR count). The Labute approximate surface area is 147 Å². The highest BCUT2D eigenvalue weighted by Gasteiger charge is 2.06. The first-order valence-corrected chi connectivity index (χ1v) is 8.75. The average Bonchev–Trinajstić information content (AvgIpc) is 3.07. The van der Waals surface area contributed by atoms with Gasteiger partial charge in [-0.25, -0.2) is 4.98 Å². The Morgan fingerprint density at radius 3 is 2.71 bits per heavy atom. The number of aryl methyl sites for hydroxylation is 1. The highest BCUT2D eigenvalue weighted by Crippen LogP contribution is 2.22. The molecule has 3 aromatic rings. The largest absolute Gasteiger partial charge is 0.304 e. The van der Waals surface area contributed by atoms with Gasteiger partial charge in [0.1, 0.15) is 5.15 Å². The molecule has 0 fully saturated rings. The molecule has 3 heterocycles. The summed E-state index contributed by atoms with van der Waals surface area (Å²) in [5.41, 5.74) is 3.70. The lowest BCUT2D eigenvalue weighted by Crippen LogP contribution is -2.24. The van der Waals surface area contributed by atoms with E-state index in [1.165, 1.54) is 0 Å². The minimum absolute atomic E-state index is 0.480. The molecule has 0 aromatic carbocycles. The number of hydrogen-bond donors (Lipinski definition) is 0. The second-order valence-corrected chi connectivity index (χ2v) is 6.16. The second-order valence-electron chi connectivity index (χ2n) is 5.77. The molecular weight excluding hydrogens is 322 g/mol. The third kappa shape index (κ3) is 3.91. The Bertz CT molecular complexity index is 810. The molecule has 126 valence electrons. The predicted octanol–water partition coefficient (Wildman–Crippen LogP) is 3.88. The third-order valence-corrected chi connectivity index (χ3v) is 4.44. The lowest BCUT2D eigenvalue weighted by molar-refractivity contribution is 0.291. The first kappa shape index (κ1) is 16.9. The number of fused-ring (bicyclic) bond motifs is 1. The van der Waals surface area contributed by atoms with E-state index in [4.69, 9.17) is 11.6 Å². The van der Waals surface area contributed by atoms with Crippen molar-refractivity contribution >= 4 is 22.6 Å². The first-order valence-electron chi connectivity index (χ1n) is 8.37. The fraction of sp³-hybridized carbons (Fsp3) is 0.389. The van der Waals surface area contributed by atoms with Crippen LogP contribution in [0, 0.1) is 0 Å². The topological polar surface area (TPSA) is 46.8 Å². The lowest BCUT2D eigenvalue weighted by Gasteiger charge is -2.17. The van der Waals surface area contributed by atoms with Gasteiger partial charge in [0, 0.05) is 30.1 Å². The van der Waals surface area contributed by atoms with Crippen LogP contribution in [0.1, 0.15) is 20.3 Å². The monoisotopic (exact) mass is 343 g/mol. The minimum Gasteiger partial charge on any atom is -0.304 e. The summed E-state index contributed by atoms with van der Waals surface area (Å²) >= 11 is 5.97. The Hall–Kier alpha value is -1.98. The zero-order chi connectivity index (χ0) is 16.9. The second kappa shape index (κ2) is 7.73. The van der Waals surface area contributed by atoms with Gasteiger partial charge in [0.05, 0.1) is 17.2 Å². The van der Waals surface area contributed by atoms with Crippen LogP contribution < -0.4 is 0 Å². The van der Waals surface area contributed by atoms with E-state index < -0.39 is 0 Å². The van der Waals surface area contributed by atoms with Crippen molar-refractivity contribution in [2.24, 2.45) is 0 Å². The number of pyridine rings is 2. The maximum Gasteiger partial charge on any atom is 0.129 e. The van der Waals surface area contributed by atoms with Crippen LogP contribution in [0.5, 0.6) is 0 Å². The average molecular weight is 344 g/mol. The molecule has 0 bridgehead atoms. The number of hydrogen-bond acceptors (Lipinski definition) is 4. The molecule has 0 aliphatic rings. The highest BCUT2D eigenvalue weighted by molar-refractivity contribution is 6.29. The Balaban J connectivity index is 1.71. The molecule has 3 aromatic heterocycles. The van der Waals surface area contributed by atoms with Gasteiger partial charge in [0.2, 0.25) is 0 Å². The molecular formula is C18H22ClN5. The van der Waals surface area contributed by atoms with Gasteiger partial charge >= 0.3 is 0 Å². The van der Waals surface area contributed by atoms with Crippen LogP contribution in [-0.2, 0) is 6.54 Å². The predicted molar refractivity (Wildman–Crippen MR) is 98.2 cm³/mol. The highest BCUT2D eigenvalue weighted by atomic mass is 35.5. The number of nitrogens with zero attached hydrogens (tertiary/aromatic N) is 5. The van der Waals surface area contributed by atoms with E-state index in [-0.39, 0.29) is 0 Å². The van der Waals surface area contributed by atoms with E-state index in [0.717, 1.165) is 54.8 Å². The molecule has 0 amide bonds. The van der Waals surface area contributed by atoms with Gasteiger partial charge < -0.3 is 4.90 Å². The summed E-state index contributed by atoms with van der Waals surface area (Å²) in [6, 6.07) is 5.64. The number of halogens is 1. The molecule has 0 radical (unpaired) electrons. The molecule has 0 spiro atoms. The molecule has 6 heteroatoms. The van der Waals surface area contributed by atoms with Gasteiger partial charge in [-0.2, -0.15) is 5.10 Å². The summed E-state index contributed by atoms with van der Waals surface area (Å²) in [7, 11) is 0. The smallest absolute Gasteiger partial charge is 0.129 e. The van der Waals surface area contributed by atoms with Gasteiger partial charge in [-0.3, -0.25) is 9.67 Å². The summed E-state index contributed by atoms with van der Waals surface area (Å²) in [6.07, 6.45) is 6.89. The van der Waals surface area contributed by atoms with Crippen LogP contribution in [0.15, 0.2) is 36.8 Å². The van der Waals surface area contributed by atoms with Crippen LogP contribution in [0.2, 0.25) is 5.15 Å². The zero-order valence-corrected chi connectivity index (χ0v) is 14.9. The van der Waals surface area contributed by atoms with Crippen molar-refractivity contribution in [3.05, 3.63) is 41.9 Å². The van der Waals surface area contributed by atoms with Crippen LogP contribution in [0.3, 0.4) is 0 Å². The Morgan fingerprint density at radius 2 is 1.92 bits per heavy atom. The van der Waals surface area contributed by atoms with E-state index in [1.807, 2.05) is 29.2 Å². The maximum absolute atomic E-state index is 5.97. The van der Waals surface area contributed by atoms with Gasteiger partial charge in [-0.05, 0) is 44.3 Å². The first-order chi connectivity index (χ1) is 11.7. The fourth-order valence-corrected chi connectivity index (χ4v) is 2.92. The van der Waals surface area contributed by atoms with E-state index >= 15 is 0 Å². The van der Waals surface area contributed by atoms with Crippen LogP contribution in [0.4, 0.5) is 0 Å². The van der Waals surface area contributed by atoms with Crippen molar-refractivity contribution in [2.75, 3.05) is 19.6 Å². The van der Waals surface area contributed by atoms with E-state index in [9.17, 15) is 0 Å². The van der Waals surface area contributed by atoms with Crippen molar-refractivity contribution in [2.45, 2.75) is 26.8 Å². The summed E-state index contributed by atoms with van der Waals surface area (Å²) in [5.74, 6) is 0. The van der Waals surface area contributed by atoms with Crippen molar-refractivity contribution in [1.29, 1.82) is 0 Å². The van der Waals surface area contributed by atoms with Crippen molar-refractivity contribution < 1.29 is 0 Å². The molecule has 0 aliphatic carbocycles. The van der Waals surface area contributed by atoms with E-state index in [1.54, 1.807) is 6.07 Å². The van der Waals surface area contributed by atoms with Crippen molar-refractivity contribution in [1.82, 2.24) is 24.6 Å². The SMILES string of the molecule is CCN(CC)CCCn1cc(-c2cnc3ccc(Cl)nc3c2)cn1. The van der Waals surface area contributed by atoms with Crippen molar-refractivity contribution in [3.8, 4) is 11.1 Å².